The van der Waals surface area contributed by atoms with Crippen molar-refractivity contribution in [2.45, 2.75) is 37.5 Å². The van der Waals surface area contributed by atoms with Crippen molar-refractivity contribution in [1.82, 2.24) is 4.98 Å². The minimum Gasteiger partial charge on any atom is -0.340 e. The number of benzene rings is 1. The van der Waals surface area contributed by atoms with Crippen LogP contribution < -0.4 is 5.32 Å². The molecule has 0 saturated heterocycles. The number of halogens is 3. The molecule has 0 radical (unpaired) electrons. The number of fused-ring (bicyclic) bond motifs is 2. The van der Waals surface area contributed by atoms with E-state index in [4.69, 9.17) is 11.6 Å². The summed E-state index contributed by atoms with van der Waals surface area (Å²) in [6.07, 6.45) is 2.65. The van der Waals surface area contributed by atoms with Gasteiger partial charge in [0, 0.05) is 22.5 Å². The van der Waals surface area contributed by atoms with Gasteiger partial charge in [-0.05, 0) is 48.6 Å². The van der Waals surface area contributed by atoms with Crippen LogP contribution in [0.5, 0.6) is 0 Å². The van der Waals surface area contributed by atoms with E-state index in [0.717, 1.165) is 19.3 Å². The van der Waals surface area contributed by atoms with Gasteiger partial charge < -0.3 is 5.32 Å². The van der Waals surface area contributed by atoms with E-state index in [0.29, 0.717) is 40.0 Å². The first-order valence-corrected chi connectivity index (χ1v) is 8.30. The highest BCUT2D eigenvalue weighted by Gasteiger charge is 2.49. The Hall–Kier alpha value is -1.68. The standard InChI is InChI=1S/C18H17ClF2N2/c19-12-5-6-15-14(10-12)18(17(20)21,8-7-11-3-4-11)13-2-1-9-22-16(13)23-15/h1-2,5-6,9-11,17H,3-4,7-8H2,(H,22,23). The van der Waals surface area contributed by atoms with Crippen molar-refractivity contribution in [2.24, 2.45) is 5.92 Å². The lowest BCUT2D eigenvalue weighted by Gasteiger charge is -2.40. The number of nitrogens with one attached hydrogen (secondary N) is 1. The van der Waals surface area contributed by atoms with E-state index in [2.05, 4.69) is 10.3 Å². The van der Waals surface area contributed by atoms with Crippen LogP contribution in [-0.2, 0) is 5.41 Å². The maximum atomic E-state index is 14.4. The van der Waals surface area contributed by atoms with Crippen LogP contribution in [0.3, 0.4) is 0 Å². The maximum Gasteiger partial charge on any atom is 0.252 e. The molecule has 1 aromatic carbocycles. The Bertz CT molecular complexity index is 746. The number of rotatable bonds is 4. The van der Waals surface area contributed by atoms with Gasteiger partial charge in [0.25, 0.3) is 6.43 Å². The fourth-order valence-corrected chi connectivity index (χ4v) is 3.76. The monoisotopic (exact) mass is 334 g/mol. The summed E-state index contributed by atoms with van der Waals surface area (Å²) in [7, 11) is 0. The highest BCUT2D eigenvalue weighted by Crippen LogP contribution is 2.53. The number of alkyl halides is 2. The molecule has 1 N–H and O–H groups in total. The van der Waals surface area contributed by atoms with Crippen LogP contribution in [0.15, 0.2) is 36.5 Å². The Morgan fingerprint density at radius 2 is 2.09 bits per heavy atom. The van der Waals surface area contributed by atoms with Crippen molar-refractivity contribution >= 4 is 23.1 Å². The number of pyridine rings is 1. The van der Waals surface area contributed by atoms with Crippen LogP contribution in [0.2, 0.25) is 5.02 Å². The molecule has 1 fully saturated rings. The molecule has 2 aromatic rings. The molecule has 2 heterocycles. The Morgan fingerprint density at radius 1 is 1.26 bits per heavy atom. The third-order valence-corrected chi connectivity index (χ3v) is 5.26. The van der Waals surface area contributed by atoms with Crippen LogP contribution >= 0.6 is 11.6 Å². The molecule has 5 heteroatoms. The van der Waals surface area contributed by atoms with Gasteiger partial charge in [-0.3, -0.25) is 0 Å². The first-order valence-electron chi connectivity index (χ1n) is 7.92. The van der Waals surface area contributed by atoms with E-state index in [1.807, 2.05) is 0 Å². The smallest absolute Gasteiger partial charge is 0.252 e. The molecular formula is C18H17ClF2N2. The molecule has 0 bridgehead atoms. The summed E-state index contributed by atoms with van der Waals surface area (Å²) in [5, 5.41) is 3.66. The molecule has 23 heavy (non-hydrogen) atoms. The summed E-state index contributed by atoms with van der Waals surface area (Å²) in [4.78, 5) is 4.28. The van der Waals surface area contributed by atoms with Crippen molar-refractivity contribution in [3.63, 3.8) is 0 Å². The second-order valence-corrected chi connectivity index (χ2v) is 6.91. The summed E-state index contributed by atoms with van der Waals surface area (Å²) in [5.74, 6) is 1.11. The van der Waals surface area contributed by atoms with Crippen molar-refractivity contribution in [3.8, 4) is 0 Å². The molecule has 1 atom stereocenters. The fraction of sp³-hybridized carbons (Fsp3) is 0.389. The number of nitrogens with zero attached hydrogens (tertiary/aromatic N) is 1. The van der Waals surface area contributed by atoms with Crippen molar-refractivity contribution in [1.29, 1.82) is 0 Å². The predicted molar refractivity (Wildman–Crippen MR) is 87.7 cm³/mol. The quantitative estimate of drug-likeness (QED) is 0.794. The number of hydrogen-bond acceptors (Lipinski definition) is 2. The SMILES string of the molecule is FC(F)C1(CCC2CC2)c2cc(Cl)ccc2Nc2ncccc21. The van der Waals surface area contributed by atoms with E-state index < -0.39 is 11.8 Å². The zero-order valence-corrected chi connectivity index (χ0v) is 13.3. The summed E-state index contributed by atoms with van der Waals surface area (Å²) in [5.41, 5.74) is 0.501. The minimum absolute atomic E-state index is 0.420. The van der Waals surface area contributed by atoms with E-state index in [1.165, 1.54) is 0 Å². The van der Waals surface area contributed by atoms with Gasteiger partial charge >= 0.3 is 0 Å². The molecule has 1 aliphatic heterocycles. The molecule has 120 valence electrons. The molecule has 2 nitrogen and oxygen atoms in total. The number of aromatic nitrogens is 1. The van der Waals surface area contributed by atoms with Gasteiger partial charge in [-0.1, -0.05) is 30.5 Å². The van der Waals surface area contributed by atoms with Crippen molar-refractivity contribution in [2.75, 3.05) is 5.32 Å². The molecule has 1 aromatic heterocycles. The van der Waals surface area contributed by atoms with Crippen LogP contribution in [0.4, 0.5) is 20.3 Å². The number of hydrogen-bond donors (Lipinski definition) is 1. The highest BCUT2D eigenvalue weighted by atomic mass is 35.5. The molecule has 1 unspecified atom stereocenters. The maximum absolute atomic E-state index is 14.4. The summed E-state index contributed by atoms with van der Waals surface area (Å²) in [6.45, 7) is 0. The van der Waals surface area contributed by atoms with Gasteiger partial charge in [0.1, 0.15) is 5.82 Å². The molecule has 2 aliphatic rings. The van der Waals surface area contributed by atoms with Crippen molar-refractivity contribution < 1.29 is 8.78 Å². The Morgan fingerprint density at radius 3 is 2.83 bits per heavy atom. The summed E-state index contributed by atoms with van der Waals surface area (Å²) < 4.78 is 28.9. The van der Waals surface area contributed by atoms with Gasteiger partial charge in [-0.25, -0.2) is 13.8 Å². The average Bonchev–Trinajstić information content (AvgIpc) is 3.36. The van der Waals surface area contributed by atoms with E-state index in [-0.39, 0.29) is 0 Å². The zero-order chi connectivity index (χ0) is 16.0. The van der Waals surface area contributed by atoms with Gasteiger partial charge in [0.15, 0.2) is 0 Å². The Balaban J connectivity index is 1.92. The third kappa shape index (κ3) is 2.40. The van der Waals surface area contributed by atoms with Crippen LogP contribution in [-0.4, -0.2) is 11.4 Å². The lowest BCUT2D eigenvalue weighted by Crippen LogP contribution is -2.40. The molecule has 1 saturated carbocycles. The number of anilines is 2. The first kappa shape index (κ1) is 14.9. The largest absolute Gasteiger partial charge is 0.340 e. The van der Waals surface area contributed by atoms with Crippen molar-refractivity contribution in [3.05, 3.63) is 52.7 Å². The van der Waals surface area contributed by atoms with Gasteiger partial charge in [0.05, 0.1) is 5.41 Å². The average molecular weight is 335 g/mol. The Labute approximate surface area is 138 Å². The Kier molecular flexibility index (Phi) is 3.52. The van der Waals surface area contributed by atoms with Gasteiger partial charge in [-0.15, -0.1) is 0 Å². The van der Waals surface area contributed by atoms with Crippen LogP contribution in [0, 0.1) is 5.92 Å². The lowest BCUT2D eigenvalue weighted by atomic mass is 9.69. The van der Waals surface area contributed by atoms with E-state index >= 15 is 0 Å². The third-order valence-electron chi connectivity index (χ3n) is 5.02. The van der Waals surface area contributed by atoms with Crippen LogP contribution in [0.1, 0.15) is 36.8 Å². The highest BCUT2D eigenvalue weighted by molar-refractivity contribution is 6.30. The van der Waals surface area contributed by atoms with Gasteiger partial charge in [0.2, 0.25) is 0 Å². The second-order valence-electron chi connectivity index (χ2n) is 6.47. The zero-order valence-electron chi connectivity index (χ0n) is 12.5. The summed E-state index contributed by atoms with van der Waals surface area (Å²) >= 11 is 6.12. The lowest BCUT2D eigenvalue weighted by molar-refractivity contribution is 0.0639. The van der Waals surface area contributed by atoms with Crippen LogP contribution in [0.25, 0.3) is 0 Å². The molecular weight excluding hydrogens is 318 g/mol. The molecule has 0 amide bonds. The molecule has 4 rings (SSSR count). The topological polar surface area (TPSA) is 24.9 Å². The fourth-order valence-electron chi connectivity index (χ4n) is 3.58. The normalized spacial score (nSPS) is 22.4. The first-order chi connectivity index (χ1) is 11.1. The summed E-state index contributed by atoms with van der Waals surface area (Å²) in [6, 6.07) is 8.66. The minimum atomic E-state index is -2.51. The van der Waals surface area contributed by atoms with E-state index in [9.17, 15) is 8.78 Å². The molecule has 1 aliphatic carbocycles. The second kappa shape index (κ2) is 5.45. The molecule has 0 spiro atoms. The van der Waals surface area contributed by atoms with E-state index in [1.54, 1.807) is 36.5 Å². The van der Waals surface area contributed by atoms with Gasteiger partial charge in [-0.2, -0.15) is 0 Å². The predicted octanol–water partition coefficient (Wildman–Crippen LogP) is 5.53.